The van der Waals surface area contributed by atoms with Crippen molar-refractivity contribution < 1.29 is 9.53 Å². The van der Waals surface area contributed by atoms with Crippen LogP contribution < -0.4 is 10.1 Å². The minimum atomic E-state index is 0.0837. The van der Waals surface area contributed by atoms with Crippen molar-refractivity contribution in [1.29, 1.82) is 0 Å². The molecule has 0 aliphatic heterocycles. The lowest BCUT2D eigenvalue weighted by Gasteiger charge is -2.14. The molecule has 0 aliphatic carbocycles. The summed E-state index contributed by atoms with van der Waals surface area (Å²) in [6.45, 7) is 6.27. The number of carbonyl (C=O) groups is 1. The van der Waals surface area contributed by atoms with Gasteiger partial charge < -0.3 is 15.0 Å². The first-order chi connectivity index (χ1) is 9.04. The molecule has 0 spiro atoms. The van der Waals surface area contributed by atoms with Crippen molar-refractivity contribution in [1.82, 2.24) is 10.2 Å². The Balaban J connectivity index is 2.59. The summed E-state index contributed by atoms with van der Waals surface area (Å²) >= 11 is 0. The van der Waals surface area contributed by atoms with Crippen molar-refractivity contribution in [2.75, 3.05) is 27.2 Å². The molecule has 4 heteroatoms. The van der Waals surface area contributed by atoms with Crippen LogP contribution >= 0.6 is 0 Å². The zero-order valence-electron chi connectivity index (χ0n) is 12.3. The topological polar surface area (TPSA) is 41.6 Å². The molecular formula is C15H24N2O2. The molecule has 1 aromatic carbocycles. The summed E-state index contributed by atoms with van der Waals surface area (Å²) in [5.41, 5.74) is 2.35. The Labute approximate surface area is 115 Å². The quantitative estimate of drug-likeness (QED) is 0.818. The van der Waals surface area contributed by atoms with E-state index in [0.717, 1.165) is 24.4 Å². The Morgan fingerprint density at radius 2 is 2.11 bits per heavy atom. The average Bonchev–Trinajstić information content (AvgIpc) is 2.38. The lowest BCUT2D eigenvalue weighted by atomic mass is 10.1. The number of nitrogens with zero attached hydrogens (tertiary/aromatic N) is 1. The second-order valence-corrected chi connectivity index (χ2v) is 4.78. The Bertz CT molecular complexity index is 417. The van der Waals surface area contributed by atoms with Gasteiger partial charge in [-0.05, 0) is 19.5 Å². The molecule has 0 atom stereocenters. The third-order valence-electron chi connectivity index (χ3n) is 2.85. The van der Waals surface area contributed by atoms with E-state index in [-0.39, 0.29) is 5.91 Å². The van der Waals surface area contributed by atoms with Gasteiger partial charge in [0.15, 0.2) is 0 Å². The van der Waals surface area contributed by atoms with Gasteiger partial charge in [-0.25, -0.2) is 0 Å². The molecule has 1 amide bonds. The fraction of sp³-hybridized carbons (Fsp3) is 0.533. The molecule has 0 saturated carbocycles. The summed E-state index contributed by atoms with van der Waals surface area (Å²) in [5, 5.41) is 3.29. The van der Waals surface area contributed by atoms with E-state index in [1.54, 1.807) is 19.0 Å². The highest BCUT2D eigenvalue weighted by atomic mass is 16.5. The van der Waals surface area contributed by atoms with Gasteiger partial charge in [0.2, 0.25) is 5.91 Å². The molecular weight excluding hydrogens is 240 g/mol. The predicted molar refractivity (Wildman–Crippen MR) is 77.4 cm³/mol. The predicted octanol–water partition coefficient (Wildman–Crippen LogP) is 1.96. The van der Waals surface area contributed by atoms with Crippen LogP contribution in [0.3, 0.4) is 0 Å². The van der Waals surface area contributed by atoms with Crippen LogP contribution in [0.25, 0.3) is 0 Å². The molecule has 1 rings (SSSR count). The summed E-state index contributed by atoms with van der Waals surface area (Å²) in [6.07, 6.45) is 0.404. The molecule has 1 aromatic rings. The fourth-order valence-electron chi connectivity index (χ4n) is 1.72. The fourth-order valence-corrected chi connectivity index (χ4v) is 1.72. The van der Waals surface area contributed by atoms with Gasteiger partial charge in [0.25, 0.3) is 0 Å². The number of benzene rings is 1. The maximum Gasteiger partial charge on any atom is 0.225 e. The number of amides is 1. The summed E-state index contributed by atoms with van der Waals surface area (Å²) < 4.78 is 5.72. The van der Waals surface area contributed by atoms with Gasteiger partial charge in [0.1, 0.15) is 5.75 Å². The number of aryl methyl sites for hydroxylation is 1. The summed E-state index contributed by atoms with van der Waals surface area (Å²) in [4.78, 5) is 13.1. The first-order valence-electron chi connectivity index (χ1n) is 6.67. The molecule has 0 radical (unpaired) electrons. The highest BCUT2D eigenvalue weighted by Crippen LogP contribution is 2.20. The molecule has 19 heavy (non-hydrogen) atoms. The number of hydrogen-bond donors (Lipinski definition) is 1. The molecule has 0 aliphatic rings. The zero-order chi connectivity index (χ0) is 14.3. The van der Waals surface area contributed by atoms with E-state index in [1.807, 2.05) is 12.1 Å². The third-order valence-corrected chi connectivity index (χ3v) is 2.85. The van der Waals surface area contributed by atoms with Gasteiger partial charge in [-0.2, -0.15) is 0 Å². The van der Waals surface area contributed by atoms with Crippen molar-refractivity contribution in [3.63, 3.8) is 0 Å². The number of carbonyl (C=O) groups excluding carboxylic acids is 1. The van der Waals surface area contributed by atoms with E-state index in [1.165, 1.54) is 5.56 Å². The first-order valence-corrected chi connectivity index (χ1v) is 6.67. The second-order valence-electron chi connectivity index (χ2n) is 4.78. The molecule has 0 unspecified atom stereocenters. The Morgan fingerprint density at radius 3 is 2.74 bits per heavy atom. The van der Waals surface area contributed by atoms with Crippen LogP contribution in [0, 0.1) is 6.92 Å². The van der Waals surface area contributed by atoms with Crippen LogP contribution in [0.5, 0.6) is 5.75 Å². The van der Waals surface area contributed by atoms with Gasteiger partial charge in [-0.3, -0.25) is 4.79 Å². The van der Waals surface area contributed by atoms with Gasteiger partial charge in [0, 0.05) is 26.2 Å². The minimum Gasteiger partial charge on any atom is -0.493 e. The monoisotopic (exact) mass is 264 g/mol. The molecule has 0 heterocycles. The lowest BCUT2D eigenvalue weighted by Crippen LogP contribution is -2.23. The highest BCUT2D eigenvalue weighted by molar-refractivity contribution is 5.75. The normalized spacial score (nSPS) is 10.3. The van der Waals surface area contributed by atoms with Crippen molar-refractivity contribution in [3.8, 4) is 5.75 Å². The van der Waals surface area contributed by atoms with Gasteiger partial charge in [-0.1, -0.05) is 24.6 Å². The SMILES string of the molecule is CCNCc1cc(C)ccc1OCCC(=O)N(C)C. The van der Waals surface area contributed by atoms with Crippen LogP contribution in [-0.2, 0) is 11.3 Å². The largest absolute Gasteiger partial charge is 0.493 e. The number of rotatable bonds is 7. The Kier molecular flexibility index (Phi) is 6.36. The van der Waals surface area contributed by atoms with Crippen LogP contribution in [-0.4, -0.2) is 38.1 Å². The van der Waals surface area contributed by atoms with E-state index in [4.69, 9.17) is 4.74 Å². The molecule has 1 N–H and O–H groups in total. The van der Waals surface area contributed by atoms with Crippen molar-refractivity contribution in [3.05, 3.63) is 29.3 Å². The molecule has 0 bridgehead atoms. The van der Waals surface area contributed by atoms with Crippen molar-refractivity contribution in [2.45, 2.75) is 26.8 Å². The van der Waals surface area contributed by atoms with E-state index < -0.39 is 0 Å². The van der Waals surface area contributed by atoms with Crippen LogP contribution in [0.1, 0.15) is 24.5 Å². The molecule has 4 nitrogen and oxygen atoms in total. The Morgan fingerprint density at radius 1 is 1.37 bits per heavy atom. The maximum atomic E-state index is 11.5. The standard InChI is InChI=1S/C15H24N2O2/c1-5-16-11-13-10-12(2)6-7-14(13)19-9-8-15(18)17(3)4/h6-7,10,16H,5,8-9,11H2,1-4H3. The molecule has 0 saturated heterocycles. The zero-order valence-corrected chi connectivity index (χ0v) is 12.3. The maximum absolute atomic E-state index is 11.5. The highest BCUT2D eigenvalue weighted by Gasteiger charge is 2.07. The van der Waals surface area contributed by atoms with E-state index in [9.17, 15) is 4.79 Å². The van der Waals surface area contributed by atoms with Gasteiger partial charge in [-0.15, -0.1) is 0 Å². The first kappa shape index (κ1) is 15.5. The second kappa shape index (κ2) is 7.79. The third kappa shape index (κ3) is 5.30. The Hall–Kier alpha value is -1.55. The molecule has 0 fully saturated rings. The van der Waals surface area contributed by atoms with Crippen molar-refractivity contribution >= 4 is 5.91 Å². The number of hydrogen-bond acceptors (Lipinski definition) is 3. The smallest absolute Gasteiger partial charge is 0.225 e. The lowest BCUT2D eigenvalue weighted by molar-refractivity contribution is -0.129. The van der Waals surface area contributed by atoms with Gasteiger partial charge >= 0.3 is 0 Å². The van der Waals surface area contributed by atoms with E-state index in [2.05, 4.69) is 25.2 Å². The van der Waals surface area contributed by atoms with Crippen LogP contribution in [0.4, 0.5) is 0 Å². The summed E-state index contributed by atoms with van der Waals surface area (Å²) in [5.74, 6) is 0.943. The van der Waals surface area contributed by atoms with Crippen LogP contribution in [0.15, 0.2) is 18.2 Å². The molecule has 0 aromatic heterocycles. The van der Waals surface area contributed by atoms with Gasteiger partial charge in [0.05, 0.1) is 13.0 Å². The number of nitrogens with one attached hydrogen (secondary N) is 1. The summed E-state index contributed by atoms with van der Waals surface area (Å²) in [7, 11) is 3.51. The number of ether oxygens (including phenoxy) is 1. The van der Waals surface area contributed by atoms with Crippen molar-refractivity contribution in [2.24, 2.45) is 0 Å². The average molecular weight is 264 g/mol. The summed E-state index contributed by atoms with van der Waals surface area (Å²) in [6, 6.07) is 6.12. The van der Waals surface area contributed by atoms with Crippen LogP contribution in [0.2, 0.25) is 0 Å². The van der Waals surface area contributed by atoms with E-state index in [0.29, 0.717) is 13.0 Å². The minimum absolute atomic E-state index is 0.0837. The van der Waals surface area contributed by atoms with E-state index >= 15 is 0 Å². The molecule has 106 valence electrons.